The van der Waals surface area contributed by atoms with Gasteiger partial charge in [-0.2, -0.15) is 0 Å². The van der Waals surface area contributed by atoms with Crippen LogP contribution in [0.25, 0.3) is 10.9 Å². The van der Waals surface area contributed by atoms with Crippen molar-refractivity contribution in [3.8, 4) is 5.75 Å². The van der Waals surface area contributed by atoms with Gasteiger partial charge in [0.05, 0.1) is 11.6 Å². The summed E-state index contributed by atoms with van der Waals surface area (Å²) in [5.74, 6) is 0.926. The Hall–Kier alpha value is -1.77. The van der Waals surface area contributed by atoms with Crippen LogP contribution in [0.4, 0.5) is 5.69 Å². The summed E-state index contributed by atoms with van der Waals surface area (Å²) in [4.78, 5) is 4.29. The molecular formula is C13H14N2O. The largest absolute Gasteiger partial charge is 0.490 e. The number of ether oxygens (including phenoxy) is 1. The molecule has 0 spiro atoms. The van der Waals surface area contributed by atoms with E-state index < -0.39 is 0 Å². The van der Waals surface area contributed by atoms with Crippen molar-refractivity contribution >= 4 is 16.6 Å². The van der Waals surface area contributed by atoms with Gasteiger partial charge in [0.1, 0.15) is 5.75 Å². The van der Waals surface area contributed by atoms with E-state index in [4.69, 9.17) is 10.5 Å². The first-order valence-electron chi connectivity index (χ1n) is 5.64. The molecule has 2 aromatic rings. The number of hydrogen-bond acceptors (Lipinski definition) is 3. The van der Waals surface area contributed by atoms with E-state index in [1.807, 2.05) is 24.3 Å². The van der Waals surface area contributed by atoms with Crippen LogP contribution >= 0.6 is 0 Å². The molecule has 1 saturated carbocycles. The first kappa shape index (κ1) is 9.46. The highest BCUT2D eigenvalue weighted by Gasteiger charge is 2.19. The minimum absolute atomic E-state index is 0.392. The predicted molar refractivity (Wildman–Crippen MR) is 64.4 cm³/mol. The molecule has 82 valence electrons. The van der Waals surface area contributed by atoms with Gasteiger partial charge in [0.15, 0.2) is 0 Å². The zero-order valence-electron chi connectivity index (χ0n) is 9.02. The van der Waals surface area contributed by atoms with Gasteiger partial charge in [-0.15, -0.1) is 0 Å². The van der Waals surface area contributed by atoms with Crippen LogP contribution in [-0.2, 0) is 0 Å². The average molecular weight is 214 g/mol. The summed E-state index contributed by atoms with van der Waals surface area (Å²) in [5.41, 5.74) is 7.37. The second-order valence-electron chi connectivity index (χ2n) is 4.26. The maximum atomic E-state index is 5.92. The van der Waals surface area contributed by atoms with E-state index in [1.165, 1.54) is 19.3 Å². The third-order valence-corrected chi connectivity index (χ3v) is 3.07. The molecule has 3 nitrogen and oxygen atoms in total. The monoisotopic (exact) mass is 214 g/mol. The van der Waals surface area contributed by atoms with E-state index in [0.29, 0.717) is 6.10 Å². The summed E-state index contributed by atoms with van der Waals surface area (Å²) in [5, 5.41) is 1.05. The lowest BCUT2D eigenvalue weighted by Crippen LogP contribution is -2.24. The Labute approximate surface area is 94.2 Å². The van der Waals surface area contributed by atoms with Gasteiger partial charge in [-0.1, -0.05) is 0 Å². The molecule has 1 fully saturated rings. The van der Waals surface area contributed by atoms with Crippen LogP contribution in [0.5, 0.6) is 5.75 Å². The van der Waals surface area contributed by atoms with Crippen LogP contribution in [0.1, 0.15) is 19.3 Å². The van der Waals surface area contributed by atoms with Gasteiger partial charge in [0, 0.05) is 17.3 Å². The summed E-state index contributed by atoms with van der Waals surface area (Å²) >= 11 is 0. The Bertz CT molecular complexity index is 520. The van der Waals surface area contributed by atoms with Crippen molar-refractivity contribution in [3.63, 3.8) is 0 Å². The standard InChI is InChI=1S/C13H14N2O/c14-9-4-5-11-12(8-9)15-7-6-13(11)16-10-2-1-3-10/h4-8,10H,1-3,14H2. The molecule has 0 bridgehead atoms. The molecule has 1 aliphatic rings. The number of rotatable bonds is 2. The van der Waals surface area contributed by atoms with Crippen molar-refractivity contribution < 1.29 is 4.74 Å². The topological polar surface area (TPSA) is 48.1 Å². The molecule has 0 saturated heterocycles. The highest BCUT2D eigenvalue weighted by Crippen LogP contribution is 2.30. The van der Waals surface area contributed by atoms with Crippen LogP contribution in [0.15, 0.2) is 30.5 Å². The van der Waals surface area contributed by atoms with Crippen molar-refractivity contribution in [2.45, 2.75) is 25.4 Å². The summed E-state index contributed by atoms with van der Waals surface area (Å²) in [6, 6.07) is 7.67. The second-order valence-corrected chi connectivity index (χ2v) is 4.26. The molecule has 0 radical (unpaired) electrons. The molecule has 16 heavy (non-hydrogen) atoms. The van der Waals surface area contributed by atoms with Crippen molar-refractivity contribution in [2.75, 3.05) is 5.73 Å². The highest BCUT2D eigenvalue weighted by atomic mass is 16.5. The van der Waals surface area contributed by atoms with Gasteiger partial charge in [0.2, 0.25) is 0 Å². The van der Waals surface area contributed by atoms with Gasteiger partial charge < -0.3 is 10.5 Å². The first-order valence-corrected chi connectivity index (χ1v) is 5.64. The molecule has 1 heterocycles. The zero-order valence-corrected chi connectivity index (χ0v) is 9.02. The van der Waals surface area contributed by atoms with Crippen LogP contribution in [-0.4, -0.2) is 11.1 Å². The summed E-state index contributed by atoms with van der Waals surface area (Å²) in [6.45, 7) is 0. The smallest absolute Gasteiger partial charge is 0.130 e. The molecule has 2 N–H and O–H groups in total. The number of benzene rings is 1. The van der Waals surface area contributed by atoms with E-state index in [9.17, 15) is 0 Å². The quantitative estimate of drug-likeness (QED) is 0.782. The van der Waals surface area contributed by atoms with E-state index in [2.05, 4.69) is 4.98 Å². The zero-order chi connectivity index (χ0) is 11.0. The van der Waals surface area contributed by atoms with Crippen LogP contribution < -0.4 is 10.5 Å². The Morgan fingerprint density at radius 2 is 2.12 bits per heavy atom. The average Bonchev–Trinajstić information content (AvgIpc) is 2.23. The molecule has 0 aliphatic heterocycles. The number of nitrogens with two attached hydrogens (primary N) is 1. The minimum Gasteiger partial charge on any atom is -0.490 e. The van der Waals surface area contributed by atoms with Crippen LogP contribution in [0, 0.1) is 0 Å². The van der Waals surface area contributed by atoms with Crippen molar-refractivity contribution in [3.05, 3.63) is 30.5 Å². The molecular weight excluding hydrogens is 200 g/mol. The Kier molecular flexibility index (Phi) is 2.17. The number of hydrogen-bond donors (Lipinski definition) is 1. The Morgan fingerprint density at radius 3 is 2.88 bits per heavy atom. The maximum absolute atomic E-state index is 5.92. The SMILES string of the molecule is Nc1ccc2c(OC3CCC3)ccnc2c1. The third kappa shape index (κ3) is 1.58. The van der Waals surface area contributed by atoms with Crippen molar-refractivity contribution in [1.29, 1.82) is 0 Å². The summed E-state index contributed by atoms with van der Waals surface area (Å²) in [7, 11) is 0. The summed E-state index contributed by atoms with van der Waals surface area (Å²) < 4.78 is 5.92. The lowest BCUT2D eigenvalue weighted by molar-refractivity contribution is 0.122. The van der Waals surface area contributed by atoms with Crippen LogP contribution in [0.3, 0.4) is 0 Å². The molecule has 0 amide bonds. The van der Waals surface area contributed by atoms with E-state index in [1.54, 1.807) is 6.20 Å². The molecule has 1 aromatic heterocycles. The molecule has 0 atom stereocenters. The normalized spacial score (nSPS) is 16.0. The third-order valence-electron chi connectivity index (χ3n) is 3.07. The number of nitrogens with zero attached hydrogens (tertiary/aromatic N) is 1. The summed E-state index contributed by atoms with van der Waals surface area (Å²) in [6.07, 6.45) is 5.77. The van der Waals surface area contributed by atoms with Gasteiger partial charge in [-0.3, -0.25) is 4.98 Å². The fraction of sp³-hybridized carbons (Fsp3) is 0.308. The van der Waals surface area contributed by atoms with Gasteiger partial charge >= 0.3 is 0 Å². The number of anilines is 1. The predicted octanol–water partition coefficient (Wildman–Crippen LogP) is 2.75. The Morgan fingerprint density at radius 1 is 1.25 bits per heavy atom. The van der Waals surface area contributed by atoms with Crippen molar-refractivity contribution in [2.24, 2.45) is 0 Å². The Balaban J connectivity index is 2.02. The number of aromatic nitrogens is 1. The highest BCUT2D eigenvalue weighted by molar-refractivity contribution is 5.87. The molecule has 1 aromatic carbocycles. The fourth-order valence-corrected chi connectivity index (χ4v) is 1.91. The lowest BCUT2D eigenvalue weighted by atomic mass is 9.96. The van der Waals surface area contributed by atoms with Crippen molar-refractivity contribution in [1.82, 2.24) is 4.98 Å². The number of nitrogen functional groups attached to an aromatic ring is 1. The fourth-order valence-electron chi connectivity index (χ4n) is 1.91. The van der Waals surface area contributed by atoms with Gasteiger partial charge in [-0.05, 0) is 43.5 Å². The van der Waals surface area contributed by atoms with E-state index in [-0.39, 0.29) is 0 Å². The molecule has 3 rings (SSSR count). The molecule has 0 unspecified atom stereocenters. The first-order chi connectivity index (χ1) is 7.83. The number of fused-ring (bicyclic) bond motifs is 1. The number of pyridine rings is 1. The maximum Gasteiger partial charge on any atom is 0.130 e. The van der Waals surface area contributed by atoms with E-state index in [0.717, 1.165) is 22.3 Å². The minimum atomic E-state index is 0.392. The lowest BCUT2D eigenvalue weighted by Gasteiger charge is -2.26. The van der Waals surface area contributed by atoms with E-state index >= 15 is 0 Å². The van der Waals surface area contributed by atoms with Gasteiger partial charge in [-0.25, -0.2) is 0 Å². The molecule has 1 aliphatic carbocycles. The second kappa shape index (κ2) is 3.67. The molecule has 3 heteroatoms. The van der Waals surface area contributed by atoms with Crippen LogP contribution in [0.2, 0.25) is 0 Å². The van der Waals surface area contributed by atoms with Gasteiger partial charge in [0.25, 0.3) is 0 Å².